The molecule has 106 valence electrons. The van der Waals surface area contributed by atoms with Crippen molar-refractivity contribution in [1.29, 1.82) is 0 Å². The summed E-state index contributed by atoms with van der Waals surface area (Å²) in [4.78, 5) is 4.22. The Morgan fingerprint density at radius 1 is 1.20 bits per heavy atom. The lowest BCUT2D eigenvalue weighted by Gasteiger charge is -2.10. The van der Waals surface area contributed by atoms with Gasteiger partial charge in [-0.05, 0) is 42.3 Å². The number of hydrogen-bond donors (Lipinski definition) is 1. The third-order valence-electron chi connectivity index (χ3n) is 2.85. The Morgan fingerprint density at radius 2 is 2.00 bits per heavy atom. The number of halogens is 1. The van der Waals surface area contributed by atoms with E-state index >= 15 is 0 Å². The van der Waals surface area contributed by atoms with Crippen LogP contribution in [0, 0.1) is 6.92 Å². The third kappa shape index (κ3) is 4.32. The van der Waals surface area contributed by atoms with Gasteiger partial charge in [-0.1, -0.05) is 29.8 Å². The van der Waals surface area contributed by atoms with Crippen molar-refractivity contribution in [3.63, 3.8) is 0 Å². The molecular weight excluding hydrogens is 316 g/mol. The van der Waals surface area contributed by atoms with E-state index in [1.807, 2.05) is 37.4 Å². The third-order valence-corrected chi connectivity index (χ3v) is 3.74. The summed E-state index contributed by atoms with van der Waals surface area (Å²) in [5.74, 6) is 1.58. The number of pyridine rings is 1. The standard InChI is InChI=1S/C16H19BrN2O/c1-11(2)19-9-13-7-15(10-18-8-13)20-14-4-5-16(17)12(3)6-14/h4-8,10-11,19H,9H2,1-3H3. The quantitative estimate of drug-likeness (QED) is 0.877. The highest BCUT2D eigenvalue weighted by Crippen LogP contribution is 2.26. The molecule has 0 fully saturated rings. The number of aromatic nitrogens is 1. The van der Waals surface area contributed by atoms with Gasteiger partial charge in [0.2, 0.25) is 0 Å². The molecule has 1 aromatic carbocycles. The highest BCUT2D eigenvalue weighted by Gasteiger charge is 2.03. The molecule has 0 unspecified atom stereocenters. The van der Waals surface area contributed by atoms with Crippen molar-refractivity contribution in [2.75, 3.05) is 0 Å². The molecule has 0 aliphatic heterocycles. The number of benzene rings is 1. The highest BCUT2D eigenvalue weighted by atomic mass is 79.9. The first-order valence-electron chi connectivity index (χ1n) is 6.66. The van der Waals surface area contributed by atoms with Crippen LogP contribution in [0.15, 0.2) is 41.1 Å². The zero-order valence-corrected chi connectivity index (χ0v) is 13.6. The predicted octanol–water partition coefficient (Wildman–Crippen LogP) is 4.44. The first kappa shape index (κ1) is 15.0. The first-order chi connectivity index (χ1) is 9.54. The molecule has 4 heteroatoms. The predicted molar refractivity (Wildman–Crippen MR) is 85.2 cm³/mol. The molecule has 2 rings (SSSR count). The highest BCUT2D eigenvalue weighted by molar-refractivity contribution is 9.10. The maximum atomic E-state index is 5.85. The van der Waals surface area contributed by atoms with Gasteiger partial charge in [0.25, 0.3) is 0 Å². The fraction of sp³-hybridized carbons (Fsp3) is 0.312. The van der Waals surface area contributed by atoms with Gasteiger partial charge in [-0.2, -0.15) is 0 Å². The fourth-order valence-electron chi connectivity index (χ4n) is 1.75. The molecule has 0 aliphatic rings. The van der Waals surface area contributed by atoms with E-state index in [0.717, 1.165) is 33.6 Å². The number of nitrogens with one attached hydrogen (secondary N) is 1. The Bertz CT molecular complexity index is 584. The van der Waals surface area contributed by atoms with Crippen LogP contribution < -0.4 is 10.1 Å². The maximum absolute atomic E-state index is 5.85. The van der Waals surface area contributed by atoms with Crippen LogP contribution in [0.3, 0.4) is 0 Å². The summed E-state index contributed by atoms with van der Waals surface area (Å²) in [5, 5.41) is 3.37. The first-order valence-corrected chi connectivity index (χ1v) is 7.45. The summed E-state index contributed by atoms with van der Waals surface area (Å²) < 4.78 is 6.93. The van der Waals surface area contributed by atoms with Gasteiger partial charge in [-0.25, -0.2) is 0 Å². The molecule has 2 aromatic rings. The Labute approximate surface area is 128 Å². The van der Waals surface area contributed by atoms with Crippen molar-refractivity contribution >= 4 is 15.9 Å². The average molecular weight is 335 g/mol. The number of rotatable bonds is 5. The van der Waals surface area contributed by atoms with Gasteiger partial charge in [0.1, 0.15) is 11.5 Å². The summed E-state index contributed by atoms with van der Waals surface area (Å²) in [5.41, 5.74) is 2.26. The molecule has 0 saturated carbocycles. The van der Waals surface area contributed by atoms with Crippen molar-refractivity contribution in [3.8, 4) is 11.5 Å². The van der Waals surface area contributed by atoms with Crippen LogP contribution in [-0.4, -0.2) is 11.0 Å². The lowest BCUT2D eigenvalue weighted by atomic mass is 10.2. The van der Waals surface area contributed by atoms with Gasteiger partial charge in [0.15, 0.2) is 0 Å². The summed E-state index contributed by atoms with van der Waals surface area (Å²) in [6, 6.07) is 8.40. The molecule has 0 amide bonds. The second-order valence-electron chi connectivity index (χ2n) is 5.08. The van der Waals surface area contributed by atoms with E-state index in [1.54, 1.807) is 6.20 Å². The molecule has 0 radical (unpaired) electrons. The van der Waals surface area contributed by atoms with Crippen LogP contribution >= 0.6 is 15.9 Å². The van der Waals surface area contributed by atoms with E-state index in [1.165, 1.54) is 0 Å². The molecule has 0 spiro atoms. The summed E-state index contributed by atoms with van der Waals surface area (Å²) in [6.45, 7) is 7.08. The molecule has 0 saturated heterocycles. The van der Waals surface area contributed by atoms with E-state index in [4.69, 9.17) is 4.74 Å². The zero-order chi connectivity index (χ0) is 14.5. The maximum Gasteiger partial charge on any atom is 0.146 e. The number of nitrogens with zero attached hydrogens (tertiary/aromatic N) is 1. The van der Waals surface area contributed by atoms with E-state index < -0.39 is 0 Å². The molecule has 0 bridgehead atoms. The molecule has 0 aliphatic carbocycles. The molecule has 20 heavy (non-hydrogen) atoms. The van der Waals surface area contributed by atoms with Gasteiger partial charge in [-0.15, -0.1) is 0 Å². The van der Waals surface area contributed by atoms with Crippen LogP contribution in [-0.2, 0) is 6.54 Å². The van der Waals surface area contributed by atoms with Gasteiger partial charge in [-0.3, -0.25) is 4.98 Å². The van der Waals surface area contributed by atoms with Crippen molar-refractivity contribution in [1.82, 2.24) is 10.3 Å². The van der Waals surface area contributed by atoms with Crippen LogP contribution in [0.5, 0.6) is 11.5 Å². The number of ether oxygens (including phenoxy) is 1. The lowest BCUT2D eigenvalue weighted by Crippen LogP contribution is -2.21. The summed E-state index contributed by atoms with van der Waals surface area (Å²) >= 11 is 3.48. The molecular formula is C16H19BrN2O. The minimum Gasteiger partial charge on any atom is -0.456 e. The minimum absolute atomic E-state index is 0.452. The van der Waals surface area contributed by atoms with Gasteiger partial charge < -0.3 is 10.1 Å². The Kier molecular flexibility index (Phi) is 5.15. The van der Waals surface area contributed by atoms with E-state index in [9.17, 15) is 0 Å². The Morgan fingerprint density at radius 3 is 2.70 bits per heavy atom. The fourth-order valence-corrected chi connectivity index (χ4v) is 2.00. The van der Waals surface area contributed by atoms with Gasteiger partial charge in [0.05, 0.1) is 6.20 Å². The number of hydrogen-bond acceptors (Lipinski definition) is 3. The summed E-state index contributed by atoms with van der Waals surface area (Å²) in [7, 11) is 0. The molecule has 3 nitrogen and oxygen atoms in total. The van der Waals surface area contributed by atoms with Gasteiger partial charge in [0, 0.05) is 23.3 Å². The second-order valence-corrected chi connectivity index (χ2v) is 5.93. The van der Waals surface area contributed by atoms with Crippen molar-refractivity contribution in [2.45, 2.75) is 33.4 Å². The monoisotopic (exact) mass is 334 g/mol. The average Bonchev–Trinajstić information content (AvgIpc) is 2.41. The normalized spacial score (nSPS) is 10.8. The van der Waals surface area contributed by atoms with Crippen LogP contribution in [0.2, 0.25) is 0 Å². The smallest absolute Gasteiger partial charge is 0.146 e. The van der Waals surface area contributed by atoms with Crippen LogP contribution in [0.1, 0.15) is 25.0 Å². The van der Waals surface area contributed by atoms with Crippen LogP contribution in [0.4, 0.5) is 0 Å². The van der Waals surface area contributed by atoms with Crippen molar-refractivity contribution in [2.24, 2.45) is 0 Å². The minimum atomic E-state index is 0.452. The molecule has 1 N–H and O–H groups in total. The molecule has 0 atom stereocenters. The zero-order valence-electron chi connectivity index (χ0n) is 12.0. The van der Waals surface area contributed by atoms with Gasteiger partial charge >= 0.3 is 0 Å². The Hall–Kier alpha value is -1.39. The Balaban J connectivity index is 2.08. The summed E-state index contributed by atoms with van der Waals surface area (Å²) in [6.07, 6.45) is 3.59. The number of aryl methyl sites for hydroxylation is 1. The van der Waals surface area contributed by atoms with E-state index in [0.29, 0.717) is 6.04 Å². The topological polar surface area (TPSA) is 34.1 Å². The van der Waals surface area contributed by atoms with E-state index in [2.05, 4.69) is 40.1 Å². The van der Waals surface area contributed by atoms with Crippen LogP contribution in [0.25, 0.3) is 0 Å². The SMILES string of the molecule is Cc1cc(Oc2cncc(CNC(C)C)c2)ccc1Br. The molecule has 1 aromatic heterocycles. The second kappa shape index (κ2) is 6.86. The lowest BCUT2D eigenvalue weighted by molar-refractivity contribution is 0.478. The van der Waals surface area contributed by atoms with E-state index in [-0.39, 0.29) is 0 Å². The van der Waals surface area contributed by atoms with Crippen molar-refractivity contribution < 1.29 is 4.74 Å². The largest absolute Gasteiger partial charge is 0.456 e. The molecule has 1 heterocycles. The van der Waals surface area contributed by atoms with Crippen molar-refractivity contribution in [3.05, 3.63) is 52.3 Å².